The van der Waals surface area contributed by atoms with Crippen LogP contribution >= 0.6 is 0 Å². The number of nitrogens with zero attached hydrogens (tertiary/aromatic N) is 1. The fraction of sp³-hybridized carbons (Fsp3) is 0.0938. The monoisotopic (exact) mass is 441 g/mol. The molecule has 34 heavy (non-hydrogen) atoms. The number of hydrogen-bond donors (Lipinski definition) is 0. The summed E-state index contributed by atoms with van der Waals surface area (Å²) < 4.78 is 2.18. The standard InChI is InChI=1S/C24H20B.C8H12N/c1-5-13-21(14-6-1)25(22-15-7-2-8-16-22,23-17-9-3-10-18-23)24-19-11-4-12-20-24;1-2-6-9-7-4-3-5-8-9/h1-20H;3-5,7-8H,2,6H2,1H3/q-1;+1. The molecule has 0 aliphatic carbocycles. The predicted octanol–water partition coefficient (Wildman–Crippen LogP) is 4.45. The highest BCUT2D eigenvalue weighted by Gasteiger charge is 2.30. The Morgan fingerprint density at radius 2 is 0.735 bits per heavy atom. The van der Waals surface area contributed by atoms with Crippen LogP contribution in [0.3, 0.4) is 0 Å². The van der Waals surface area contributed by atoms with E-state index >= 15 is 0 Å². The van der Waals surface area contributed by atoms with Crippen LogP contribution in [0, 0.1) is 0 Å². The molecular weight excluding hydrogens is 409 g/mol. The molecule has 2 heteroatoms. The van der Waals surface area contributed by atoms with Gasteiger partial charge in [0.15, 0.2) is 12.4 Å². The molecule has 0 radical (unpaired) electrons. The van der Waals surface area contributed by atoms with Crippen molar-refractivity contribution in [2.45, 2.75) is 19.9 Å². The Morgan fingerprint density at radius 1 is 0.441 bits per heavy atom. The summed E-state index contributed by atoms with van der Waals surface area (Å²) in [7, 11) is 0. The third-order valence-electron chi connectivity index (χ3n) is 6.46. The lowest BCUT2D eigenvalue weighted by Crippen LogP contribution is -2.74. The first kappa shape index (κ1) is 23.3. The Balaban J connectivity index is 0.000000257. The van der Waals surface area contributed by atoms with Crippen molar-refractivity contribution >= 4 is 28.0 Å². The Hall–Kier alpha value is -3.91. The molecule has 0 bridgehead atoms. The van der Waals surface area contributed by atoms with Gasteiger partial charge in [0.1, 0.15) is 12.7 Å². The zero-order valence-electron chi connectivity index (χ0n) is 19.9. The van der Waals surface area contributed by atoms with E-state index in [1.165, 1.54) is 28.3 Å². The van der Waals surface area contributed by atoms with E-state index < -0.39 is 6.15 Å². The van der Waals surface area contributed by atoms with Crippen LogP contribution in [0.15, 0.2) is 152 Å². The Kier molecular flexibility index (Phi) is 8.08. The fourth-order valence-electron chi connectivity index (χ4n) is 4.96. The van der Waals surface area contributed by atoms with Gasteiger partial charge in [-0.1, -0.05) is 134 Å². The van der Waals surface area contributed by atoms with Gasteiger partial charge in [0.2, 0.25) is 0 Å². The van der Waals surface area contributed by atoms with E-state index in [1.54, 1.807) is 0 Å². The van der Waals surface area contributed by atoms with E-state index in [0.717, 1.165) is 6.54 Å². The molecule has 1 heterocycles. The second kappa shape index (κ2) is 11.8. The minimum Gasteiger partial charge on any atom is -0.205 e. The molecule has 4 aromatic carbocycles. The molecule has 0 atom stereocenters. The van der Waals surface area contributed by atoms with E-state index in [2.05, 4.69) is 157 Å². The first-order valence-corrected chi connectivity index (χ1v) is 12.2. The van der Waals surface area contributed by atoms with Crippen LogP contribution in [-0.4, -0.2) is 6.15 Å². The molecule has 1 aromatic heterocycles. The van der Waals surface area contributed by atoms with Gasteiger partial charge in [-0.15, -0.1) is 0 Å². The van der Waals surface area contributed by atoms with Gasteiger partial charge >= 0.3 is 0 Å². The molecule has 0 amide bonds. The van der Waals surface area contributed by atoms with Crippen LogP contribution in [0.2, 0.25) is 0 Å². The van der Waals surface area contributed by atoms with Gasteiger partial charge in [-0.25, -0.2) is 4.57 Å². The number of hydrogen-bond acceptors (Lipinski definition) is 0. The summed E-state index contributed by atoms with van der Waals surface area (Å²) in [6.07, 6.45) is 4.16. The first-order chi connectivity index (χ1) is 16.9. The number of rotatable bonds is 6. The molecule has 5 rings (SSSR count). The lowest BCUT2D eigenvalue weighted by atomic mass is 9.13. The second-order valence-corrected chi connectivity index (χ2v) is 8.62. The lowest BCUT2D eigenvalue weighted by Gasteiger charge is -2.44. The number of aryl methyl sites for hydroxylation is 1. The fourth-order valence-corrected chi connectivity index (χ4v) is 4.96. The molecule has 5 aromatic rings. The van der Waals surface area contributed by atoms with Crippen molar-refractivity contribution in [3.63, 3.8) is 0 Å². The van der Waals surface area contributed by atoms with Crippen LogP contribution in [0.5, 0.6) is 0 Å². The molecule has 168 valence electrons. The molecule has 0 saturated heterocycles. The van der Waals surface area contributed by atoms with Crippen LogP contribution in [0.4, 0.5) is 0 Å². The largest absolute Gasteiger partial charge is 0.205 e. The molecule has 0 N–H and O–H groups in total. The van der Waals surface area contributed by atoms with Crippen LogP contribution in [0.25, 0.3) is 0 Å². The van der Waals surface area contributed by atoms with Crippen molar-refractivity contribution in [2.24, 2.45) is 0 Å². The van der Waals surface area contributed by atoms with E-state index in [0.29, 0.717) is 0 Å². The van der Waals surface area contributed by atoms with Crippen LogP contribution < -0.4 is 26.4 Å². The predicted molar refractivity (Wildman–Crippen MR) is 147 cm³/mol. The highest BCUT2D eigenvalue weighted by molar-refractivity contribution is 7.19. The molecule has 1 nitrogen and oxygen atoms in total. The maximum absolute atomic E-state index is 2.26. The highest BCUT2D eigenvalue weighted by Crippen LogP contribution is 2.09. The maximum atomic E-state index is 2.26. The molecule has 0 spiro atoms. The Bertz CT molecular complexity index is 1060. The topological polar surface area (TPSA) is 3.88 Å². The maximum Gasteiger partial charge on any atom is 0.168 e. The molecule has 0 aliphatic rings. The number of benzene rings is 4. The van der Waals surface area contributed by atoms with Gasteiger partial charge in [0, 0.05) is 18.6 Å². The first-order valence-electron chi connectivity index (χ1n) is 12.2. The summed E-state index contributed by atoms with van der Waals surface area (Å²) in [5.74, 6) is 0. The van der Waals surface area contributed by atoms with Crippen LogP contribution in [0.1, 0.15) is 13.3 Å². The van der Waals surface area contributed by atoms with Crippen molar-refractivity contribution in [1.29, 1.82) is 0 Å². The highest BCUT2D eigenvalue weighted by atomic mass is 14.9. The quantitative estimate of drug-likeness (QED) is 0.271. The number of pyridine rings is 1. The van der Waals surface area contributed by atoms with Crippen molar-refractivity contribution in [3.05, 3.63) is 152 Å². The van der Waals surface area contributed by atoms with Crippen molar-refractivity contribution in [1.82, 2.24) is 0 Å². The number of aromatic nitrogens is 1. The minimum atomic E-state index is -1.22. The summed E-state index contributed by atoms with van der Waals surface area (Å²) in [5, 5.41) is 0. The molecule has 0 saturated carbocycles. The van der Waals surface area contributed by atoms with E-state index in [1.807, 2.05) is 6.07 Å². The van der Waals surface area contributed by atoms with Crippen molar-refractivity contribution in [3.8, 4) is 0 Å². The summed E-state index contributed by atoms with van der Waals surface area (Å²) in [4.78, 5) is 0. The van der Waals surface area contributed by atoms with E-state index in [4.69, 9.17) is 0 Å². The van der Waals surface area contributed by atoms with E-state index in [-0.39, 0.29) is 0 Å². The summed E-state index contributed by atoms with van der Waals surface area (Å²) in [5.41, 5.74) is 5.36. The van der Waals surface area contributed by atoms with Gasteiger partial charge in [-0.2, -0.15) is 21.9 Å². The van der Waals surface area contributed by atoms with Gasteiger partial charge < -0.3 is 0 Å². The van der Waals surface area contributed by atoms with Crippen molar-refractivity contribution in [2.75, 3.05) is 0 Å². The Morgan fingerprint density at radius 3 is 1.03 bits per heavy atom. The summed E-state index contributed by atoms with van der Waals surface area (Å²) in [6, 6.07) is 49.7. The second-order valence-electron chi connectivity index (χ2n) is 8.62. The average molecular weight is 441 g/mol. The van der Waals surface area contributed by atoms with Crippen LogP contribution in [-0.2, 0) is 6.54 Å². The van der Waals surface area contributed by atoms with Gasteiger partial charge in [-0.05, 0) is 0 Å². The van der Waals surface area contributed by atoms with Gasteiger partial charge in [0.05, 0.1) is 0 Å². The molecule has 0 unspecified atom stereocenters. The lowest BCUT2D eigenvalue weighted by molar-refractivity contribution is -0.697. The van der Waals surface area contributed by atoms with Gasteiger partial charge in [-0.3, -0.25) is 0 Å². The third kappa shape index (κ3) is 5.18. The third-order valence-corrected chi connectivity index (χ3v) is 6.46. The SMILES string of the molecule is CCC[n+]1ccccc1.c1ccc([B-](c2ccccc2)(c2ccccc2)c2ccccc2)cc1. The molecule has 0 fully saturated rings. The average Bonchev–Trinajstić information content (AvgIpc) is 2.93. The smallest absolute Gasteiger partial charge is 0.168 e. The molecule has 0 aliphatic heterocycles. The molecular formula is C32H32BN. The zero-order valence-corrected chi connectivity index (χ0v) is 19.9. The Labute approximate surface area is 204 Å². The summed E-state index contributed by atoms with van der Waals surface area (Å²) in [6.45, 7) is 3.31. The zero-order chi connectivity index (χ0) is 23.5. The van der Waals surface area contributed by atoms with E-state index in [9.17, 15) is 0 Å². The normalized spacial score (nSPS) is 10.7. The summed E-state index contributed by atoms with van der Waals surface area (Å²) >= 11 is 0. The van der Waals surface area contributed by atoms with Gasteiger partial charge in [0.25, 0.3) is 0 Å². The minimum absolute atomic E-state index is 1.13. The van der Waals surface area contributed by atoms with Crippen molar-refractivity contribution < 1.29 is 4.57 Å².